The van der Waals surface area contributed by atoms with Gasteiger partial charge in [0.25, 0.3) is 11.8 Å². The van der Waals surface area contributed by atoms with Gasteiger partial charge in [-0.3, -0.25) is 9.59 Å². The molecule has 212 valence electrons. The van der Waals surface area contributed by atoms with Gasteiger partial charge in [0, 0.05) is 39.0 Å². The number of fused-ring (bicyclic) bond motifs is 2. The van der Waals surface area contributed by atoms with Crippen LogP contribution in [-0.2, 0) is 6.18 Å². The lowest BCUT2D eigenvalue weighted by molar-refractivity contribution is -0.137. The first-order chi connectivity index (χ1) is 19.9. The summed E-state index contributed by atoms with van der Waals surface area (Å²) < 4.78 is 83.8. The number of rotatable bonds is 4. The van der Waals surface area contributed by atoms with Crippen LogP contribution in [-0.4, -0.2) is 26.4 Å². The van der Waals surface area contributed by atoms with Gasteiger partial charge in [-0.25, -0.2) is 13.8 Å². The molecule has 0 spiro atoms. The number of benzene rings is 3. The Morgan fingerprint density at radius 2 is 1.71 bits per heavy atom. The highest BCUT2D eigenvalue weighted by atomic mass is 35.5. The Morgan fingerprint density at radius 3 is 2.48 bits per heavy atom. The Labute approximate surface area is 236 Å². The van der Waals surface area contributed by atoms with E-state index in [-0.39, 0.29) is 50.2 Å². The van der Waals surface area contributed by atoms with Crippen molar-refractivity contribution in [2.75, 3.05) is 5.32 Å². The van der Waals surface area contributed by atoms with Crippen molar-refractivity contribution in [3.8, 4) is 11.1 Å². The number of nitrogens with one attached hydrogen (secondary N) is 2. The molecule has 2 aromatic heterocycles. The number of hydrogen-bond acceptors (Lipinski definition) is 4. The van der Waals surface area contributed by atoms with Crippen LogP contribution in [0.5, 0.6) is 0 Å². The standard InChI is InChI=1S/C28H14ClF6N5O2/c29-20-2-1-16(30)10-18(20)25-24-19(27(42)39-25)5-12(13-7-22(32)40-23(8-13)36-11-37-40)6-21(24)38-26(41)14-3-15(28(33,34)35)9-17(31)4-14/h1-11,25H,(H,38,41)(H,39,42)/t25-/m1/s1. The summed E-state index contributed by atoms with van der Waals surface area (Å²) in [5.74, 6) is -4.55. The number of alkyl halides is 3. The van der Waals surface area contributed by atoms with E-state index in [1.54, 1.807) is 0 Å². The summed E-state index contributed by atoms with van der Waals surface area (Å²) in [7, 11) is 0. The van der Waals surface area contributed by atoms with Crippen molar-refractivity contribution in [3.05, 3.63) is 117 Å². The smallest absolute Gasteiger partial charge is 0.341 e. The van der Waals surface area contributed by atoms with E-state index in [4.69, 9.17) is 11.6 Å². The van der Waals surface area contributed by atoms with E-state index in [9.17, 15) is 35.9 Å². The molecule has 0 saturated carbocycles. The van der Waals surface area contributed by atoms with Crippen LogP contribution in [0, 0.1) is 17.6 Å². The number of nitrogens with zero attached hydrogens (tertiary/aromatic N) is 3. The molecule has 42 heavy (non-hydrogen) atoms. The maximum absolute atomic E-state index is 14.7. The highest BCUT2D eigenvalue weighted by Crippen LogP contribution is 2.42. The third-order valence-corrected chi connectivity index (χ3v) is 7.01. The van der Waals surface area contributed by atoms with Crippen LogP contribution in [0.4, 0.5) is 32.0 Å². The van der Waals surface area contributed by atoms with Crippen molar-refractivity contribution in [2.45, 2.75) is 12.2 Å². The van der Waals surface area contributed by atoms with Crippen molar-refractivity contribution in [1.82, 2.24) is 19.9 Å². The molecule has 6 rings (SSSR count). The van der Waals surface area contributed by atoms with Crippen LogP contribution >= 0.6 is 11.6 Å². The molecule has 1 aliphatic rings. The minimum absolute atomic E-state index is 0.00917. The first kappa shape index (κ1) is 27.3. The average molecular weight is 602 g/mol. The summed E-state index contributed by atoms with van der Waals surface area (Å²) >= 11 is 6.30. The summed E-state index contributed by atoms with van der Waals surface area (Å²) in [5.41, 5.74) is -1.35. The first-order valence-corrected chi connectivity index (χ1v) is 12.4. The van der Waals surface area contributed by atoms with Gasteiger partial charge < -0.3 is 10.6 Å². The summed E-state index contributed by atoms with van der Waals surface area (Å²) in [6.07, 6.45) is -3.80. The van der Waals surface area contributed by atoms with Gasteiger partial charge in [0.15, 0.2) is 5.65 Å². The zero-order valence-corrected chi connectivity index (χ0v) is 21.5. The van der Waals surface area contributed by atoms with Crippen LogP contribution in [0.2, 0.25) is 5.02 Å². The molecule has 0 saturated heterocycles. The van der Waals surface area contributed by atoms with E-state index in [0.717, 1.165) is 29.0 Å². The van der Waals surface area contributed by atoms with Crippen molar-refractivity contribution < 1.29 is 35.9 Å². The Kier molecular flexibility index (Phi) is 6.41. The van der Waals surface area contributed by atoms with Gasteiger partial charge in [-0.1, -0.05) is 11.6 Å². The van der Waals surface area contributed by atoms with Crippen LogP contribution in [0.1, 0.15) is 43.4 Å². The van der Waals surface area contributed by atoms with Gasteiger partial charge >= 0.3 is 6.18 Å². The number of amides is 2. The maximum atomic E-state index is 14.7. The minimum atomic E-state index is -4.93. The number of carbonyl (C=O) groups excluding carboxylic acids is 2. The molecule has 0 bridgehead atoms. The molecular formula is C28H14ClF6N5O2. The third kappa shape index (κ3) is 4.81. The Hall–Kier alpha value is -4.91. The largest absolute Gasteiger partial charge is 0.416 e. The molecule has 0 fully saturated rings. The fourth-order valence-electron chi connectivity index (χ4n) is 4.80. The topological polar surface area (TPSA) is 88.4 Å². The lowest BCUT2D eigenvalue weighted by Crippen LogP contribution is -2.21. The highest BCUT2D eigenvalue weighted by Gasteiger charge is 2.36. The lowest BCUT2D eigenvalue weighted by atomic mass is 9.92. The molecule has 5 aromatic rings. The second-order valence-electron chi connectivity index (χ2n) is 9.33. The summed E-state index contributed by atoms with van der Waals surface area (Å²) in [5, 5.41) is 8.95. The Bertz CT molecular complexity index is 1940. The number of halogens is 7. The predicted octanol–water partition coefficient (Wildman–Crippen LogP) is 6.57. The van der Waals surface area contributed by atoms with E-state index in [0.29, 0.717) is 12.1 Å². The summed E-state index contributed by atoms with van der Waals surface area (Å²) in [6.45, 7) is 0. The SMILES string of the molecule is O=C(Nc1cc(-c2cc(F)n3ncnc3c2)cc2c1[C@@H](c1cc(F)ccc1Cl)NC2=O)c1cc(F)cc(C(F)(F)F)c1. The summed E-state index contributed by atoms with van der Waals surface area (Å²) in [6, 6.07) is 9.01. The van der Waals surface area contributed by atoms with Crippen LogP contribution in [0.25, 0.3) is 16.8 Å². The predicted molar refractivity (Wildman–Crippen MR) is 138 cm³/mol. The van der Waals surface area contributed by atoms with Crippen molar-refractivity contribution in [3.63, 3.8) is 0 Å². The normalized spacial score (nSPS) is 14.6. The fraction of sp³-hybridized carbons (Fsp3) is 0.0714. The number of pyridine rings is 1. The summed E-state index contributed by atoms with van der Waals surface area (Å²) in [4.78, 5) is 30.3. The van der Waals surface area contributed by atoms with E-state index < -0.39 is 52.7 Å². The van der Waals surface area contributed by atoms with Gasteiger partial charge in [0.2, 0.25) is 5.95 Å². The van der Waals surface area contributed by atoms with E-state index in [1.807, 2.05) is 0 Å². The molecule has 3 heterocycles. The van der Waals surface area contributed by atoms with Gasteiger partial charge in [-0.2, -0.15) is 27.2 Å². The van der Waals surface area contributed by atoms with Gasteiger partial charge in [-0.15, -0.1) is 0 Å². The molecule has 7 nitrogen and oxygen atoms in total. The fourth-order valence-corrected chi connectivity index (χ4v) is 5.03. The average Bonchev–Trinajstić information content (AvgIpc) is 3.54. The first-order valence-electron chi connectivity index (χ1n) is 12.0. The van der Waals surface area contributed by atoms with Crippen molar-refractivity contribution in [2.24, 2.45) is 0 Å². The second kappa shape index (κ2) is 9.87. The van der Waals surface area contributed by atoms with Crippen molar-refractivity contribution in [1.29, 1.82) is 0 Å². The maximum Gasteiger partial charge on any atom is 0.416 e. The minimum Gasteiger partial charge on any atom is -0.341 e. The number of aromatic nitrogens is 3. The molecule has 2 amide bonds. The zero-order valence-electron chi connectivity index (χ0n) is 20.7. The molecule has 3 aromatic carbocycles. The number of hydrogen-bond donors (Lipinski definition) is 2. The van der Waals surface area contributed by atoms with Crippen LogP contribution < -0.4 is 10.6 Å². The Balaban J connectivity index is 1.52. The van der Waals surface area contributed by atoms with Gasteiger partial charge in [-0.05, 0) is 65.7 Å². The zero-order chi connectivity index (χ0) is 29.9. The van der Waals surface area contributed by atoms with Gasteiger partial charge in [0.05, 0.1) is 11.6 Å². The number of anilines is 1. The monoisotopic (exact) mass is 601 g/mol. The molecule has 2 N–H and O–H groups in total. The number of carbonyl (C=O) groups is 2. The van der Waals surface area contributed by atoms with Crippen LogP contribution in [0.3, 0.4) is 0 Å². The molecule has 1 aliphatic heterocycles. The van der Waals surface area contributed by atoms with Gasteiger partial charge in [0.1, 0.15) is 18.0 Å². The third-order valence-electron chi connectivity index (χ3n) is 6.66. The van der Waals surface area contributed by atoms with Crippen molar-refractivity contribution >= 4 is 34.7 Å². The molecule has 14 heteroatoms. The second-order valence-corrected chi connectivity index (χ2v) is 9.74. The van der Waals surface area contributed by atoms with Crippen LogP contribution in [0.15, 0.2) is 67.0 Å². The molecule has 1 atom stereocenters. The molecule has 0 radical (unpaired) electrons. The molecular weight excluding hydrogens is 588 g/mol. The van der Waals surface area contributed by atoms with E-state index in [1.165, 1.54) is 24.3 Å². The highest BCUT2D eigenvalue weighted by molar-refractivity contribution is 6.31. The Morgan fingerprint density at radius 1 is 0.952 bits per heavy atom. The molecule has 0 aliphatic carbocycles. The van der Waals surface area contributed by atoms with E-state index in [2.05, 4.69) is 20.7 Å². The molecule has 0 unspecified atom stereocenters. The van der Waals surface area contributed by atoms with E-state index >= 15 is 0 Å². The lowest BCUT2D eigenvalue weighted by Gasteiger charge is -2.19. The quantitative estimate of drug-likeness (QED) is 0.180.